The molecule has 4 rings (SSSR count). The summed E-state index contributed by atoms with van der Waals surface area (Å²) < 4.78 is 58.9. The predicted molar refractivity (Wildman–Crippen MR) is 118 cm³/mol. The number of halogens is 2. The van der Waals surface area contributed by atoms with Gasteiger partial charge in [-0.25, -0.2) is 22.6 Å². The number of hydrogen-bond donors (Lipinski definition) is 2. The first-order valence-corrected chi connectivity index (χ1v) is 11.6. The topological polar surface area (TPSA) is 124 Å². The molecule has 172 valence electrons. The van der Waals surface area contributed by atoms with Crippen molar-refractivity contribution in [2.45, 2.75) is 11.5 Å². The monoisotopic (exact) mass is 538 g/mol. The minimum Gasteiger partial charge on any atom is -0.505 e. The van der Waals surface area contributed by atoms with Gasteiger partial charge >= 0.3 is 5.97 Å². The molecular formula is C21H16BrFN2O7S. The third-order valence-electron chi connectivity index (χ3n) is 4.89. The van der Waals surface area contributed by atoms with Crippen LogP contribution in [-0.2, 0) is 21.4 Å². The van der Waals surface area contributed by atoms with Crippen LogP contribution in [0.5, 0.6) is 17.4 Å². The Hall–Kier alpha value is -3.38. The lowest BCUT2D eigenvalue weighted by Gasteiger charge is -2.16. The molecule has 2 N–H and O–H groups in total. The first-order chi connectivity index (χ1) is 15.6. The number of phenols is 1. The highest BCUT2D eigenvalue weighted by Crippen LogP contribution is 2.39. The molecule has 1 aliphatic rings. The summed E-state index contributed by atoms with van der Waals surface area (Å²) in [5, 5.41) is 10.3. The molecule has 0 fully saturated rings. The van der Waals surface area contributed by atoms with E-state index in [0.29, 0.717) is 11.1 Å². The van der Waals surface area contributed by atoms with E-state index in [4.69, 9.17) is 14.2 Å². The van der Waals surface area contributed by atoms with Crippen molar-refractivity contribution in [3.8, 4) is 28.5 Å². The van der Waals surface area contributed by atoms with Crippen LogP contribution >= 0.6 is 15.9 Å². The van der Waals surface area contributed by atoms with Crippen molar-refractivity contribution in [3.63, 3.8) is 0 Å². The molecule has 0 radical (unpaired) electrons. The minimum absolute atomic E-state index is 0.0506. The van der Waals surface area contributed by atoms with Gasteiger partial charge in [0.15, 0.2) is 11.6 Å². The Kier molecular flexibility index (Phi) is 5.89. The Labute approximate surface area is 196 Å². The molecule has 0 saturated carbocycles. The minimum atomic E-state index is -4.49. The van der Waals surface area contributed by atoms with Crippen molar-refractivity contribution in [3.05, 3.63) is 57.9 Å². The largest absolute Gasteiger partial charge is 0.505 e. The van der Waals surface area contributed by atoms with E-state index >= 15 is 0 Å². The fourth-order valence-electron chi connectivity index (χ4n) is 3.32. The van der Waals surface area contributed by atoms with Crippen molar-refractivity contribution in [2.24, 2.45) is 0 Å². The number of phenolic OH excluding ortho intramolecular Hbond substituents is 1. The highest BCUT2D eigenvalue weighted by Gasteiger charge is 2.27. The van der Waals surface area contributed by atoms with Crippen molar-refractivity contribution in [2.75, 3.05) is 18.9 Å². The molecule has 12 heteroatoms. The molecule has 0 amide bonds. The Morgan fingerprint density at radius 3 is 2.61 bits per heavy atom. The van der Waals surface area contributed by atoms with Gasteiger partial charge in [-0.2, -0.15) is 0 Å². The Morgan fingerprint density at radius 1 is 1.15 bits per heavy atom. The zero-order valence-corrected chi connectivity index (χ0v) is 19.6. The molecule has 0 aliphatic carbocycles. The van der Waals surface area contributed by atoms with Crippen molar-refractivity contribution >= 4 is 37.6 Å². The van der Waals surface area contributed by atoms with Gasteiger partial charge in [0.1, 0.15) is 17.3 Å². The number of carbonyl (C=O) groups excluding carboxylic acids is 1. The molecule has 0 spiro atoms. The predicted octanol–water partition coefficient (Wildman–Crippen LogP) is 3.84. The number of hydrogen-bond acceptors (Lipinski definition) is 8. The molecular weight excluding hydrogens is 523 g/mol. The second-order valence-electron chi connectivity index (χ2n) is 6.91. The van der Waals surface area contributed by atoms with Crippen LogP contribution in [0.4, 0.5) is 10.1 Å². The summed E-state index contributed by atoms with van der Waals surface area (Å²) in [7, 11) is -1.89. The van der Waals surface area contributed by atoms with Gasteiger partial charge in [-0.1, -0.05) is 0 Å². The van der Waals surface area contributed by atoms with E-state index in [0.717, 1.165) is 12.1 Å². The van der Waals surface area contributed by atoms with Crippen molar-refractivity contribution in [1.29, 1.82) is 0 Å². The summed E-state index contributed by atoms with van der Waals surface area (Å²) in [5.41, 5.74) is 0.698. The van der Waals surface area contributed by atoms with Crippen molar-refractivity contribution < 1.29 is 36.9 Å². The number of nitrogens with one attached hydrogen (secondary N) is 1. The number of fused-ring (bicyclic) bond motifs is 6. The third kappa shape index (κ3) is 4.18. The number of benzene rings is 2. The first kappa shape index (κ1) is 22.8. The number of cyclic esters (lactones) is 1. The summed E-state index contributed by atoms with van der Waals surface area (Å²) in [6.07, 6.45) is 1.39. The highest BCUT2D eigenvalue weighted by atomic mass is 79.9. The van der Waals surface area contributed by atoms with Crippen LogP contribution in [0.3, 0.4) is 0 Å². The van der Waals surface area contributed by atoms with Gasteiger partial charge in [0.05, 0.1) is 29.9 Å². The van der Waals surface area contributed by atoms with E-state index in [-0.39, 0.29) is 39.5 Å². The fraction of sp³-hybridized carbons (Fsp3) is 0.143. The summed E-state index contributed by atoms with van der Waals surface area (Å²) in [4.78, 5) is 16.2. The molecule has 2 aromatic carbocycles. The average Bonchev–Trinajstić information content (AvgIpc) is 2.78. The maximum atomic E-state index is 14.9. The Morgan fingerprint density at radius 2 is 1.91 bits per heavy atom. The zero-order chi connectivity index (χ0) is 23.9. The third-order valence-corrected chi connectivity index (χ3v) is 6.87. The SMILES string of the molecule is COc1cc2c(cn1)-c1cc(F)c(OC)c(c1)NS(=O)(=O)c1cc(cc(Br)c1O)C(=O)OC2. The van der Waals surface area contributed by atoms with Gasteiger partial charge in [-0.05, 0) is 45.8 Å². The summed E-state index contributed by atoms with van der Waals surface area (Å²) >= 11 is 3.05. The molecule has 0 saturated heterocycles. The van der Waals surface area contributed by atoms with Crippen LogP contribution in [0.1, 0.15) is 15.9 Å². The number of nitrogens with zero attached hydrogens (tertiary/aromatic N) is 1. The number of esters is 1. The van der Waals surface area contributed by atoms with Gasteiger partial charge < -0.3 is 19.3 Å². The lowest BCUT2D eigenvalue weighted by atomic mass is 10.0. The van der Waals surface area contributed by atoms with Gasteiger partial charge in [0, 0.05) is 23.4 Å². The van der Waals surface area contributed by atoms with E-state index in [1.165, 1.54) is 38.6 Å². The standard InChI is InChI=1S/C21H16BrFN2O7S/c1-30-18-7-12-9-32-21(27)11-3-14(22)19(26)17(6-11)33(28,29)25-16-5-10(13(12)8-24-18)4-15(23)20(16)31-2/h3-8,25-26H,9H2,1-2H3. The van der Waals surface area contributed by atoms with E-state index < -0.39 is 32.5 Å². The van der Waals surface area contributed by atoms with Gasteiger partial charge in [-0.3, -0.25) is 4.72 Å². The lowest BCUT2D eigenvalue weighted by molar-refractivity contribution is 0.0472. The molecule has 33 heavy (non-hydrogen) atoms. The number of aromatic hydroxyl groups is 1. The van der Waals surface area contributed by atoms with E-state index in [1.807, 2.05) is 0 Å². The van der Waals surface area contributed by atoms with Crippen molar-refractivity contribution in [1.82, 2.24) is 4.98 Å². The summed E-state index contributed by atoms with van der Waals surface area (Å²) in [5.74, 6) is -2.45. The second-order valence-corrected chi connectivity index (χ2v) is 9.41. The number of methoxy groups -OCH3 is 2. The molecule has 0 atom stereocenters. The Balaban J connectivity index is 2.03. The highest BCUT2D eigenvalue weighted by molar-refractivity contribution is 9.10. The summed E-state index contributed by atoms with van der Waals surface area (Å²) in [6, 6.07) is 6.20. The maximum Gasteiger partial charge on any atom is 0.338 e. The van der Waals surface area contributed by atoms with Crippen LogP contribution in [0, 0.1) is 5.82 Å². The number of anilines is 1. The number of ether oxygens (including phenoxy) is 3. The molecule has 0 unspecified atom stereocenters. The Bertz CT molecular complexity index is 1400. The smallest absolute Gasteiger partial charge is 0.338 e. The van der Waals surface area contributed by atoms with E-state index in [2.05, 4.69) is 25.6 Å². The van der Waals surface area contributed by atoms with Crippen LogP contribution < -0.4 is 14.2 Å². The molecule has 9 nitrogen and oxygen atoms in total. The van der Waals surface area contributed by atoms with Crippen LogP contribution in [-0.4, -0.2) is 38.7 Å². The molecule has 2 heterocycles. The zero-order valence-electron chi connectivity index (χ0n) is 17.2. The van der Waals surface area contributed by atoms with Crippen LogP contribution in [0.2, 0.25) is 0 Å². The number of sulfonamides is 1. The molecule has 3 aromatic rings. The number of aromatic nitrogens is 1. The molecule has 4 bridgehead atoms. The van der Waals surface area contributed by atoms with Gasteiger partial charge in [-0.15, -0.1) is 0 Å². The van der Waals surface area contributed by atoms with Gasteiger partial charge in [0.25, 0.3) is 10.0 Å². The second kappa shape index (κ2) is 8.52. The fourth-order valence-corrected chi connectivity index (χ4v) is 5.11. The van der Waals surface area contributed by atoms with Crippen LogP contribution in [0.15, 0.2) is 45.9 Å². The number of carbonyl (C=O) groups is 1. The number of rotatable bonds is 2. The molecule has 1 aliphatic heterocycles. The quantitative estimate of drug-likeness (QED) is 0.471. The summed E-state index contributed by atoms with van der Waals surface area (Å²) in [6.45, 7) is -0.246. The van der Waals surface area contributed by atoms with Gasteiger partial charge in [0.2, 0.25) is 5.88 Å². The maximum absolute atomic E-state index is 14.9. The number of pyridine rings is 1. The normalized spacial score (nSPS) is 14.5. The van der Waals surface area contributed by atoms with E-state index in [1.54, 1.807) is 0 Å². The molecule has 1 aromatic heterocycles. The lowest BCUT2D eigenvalue weighted by Crippen LogP contribution is -2.15. The van der Waals surface area contributed by atoms with Crippen LogP contribution in [0.25, 0.3) is 11.1 Å². The van der Waals surface area contributed by atoms with E-state index in [9.17, 15) is 22.7 Å². The first-order valence-electron chi connectivity index (χ1n) is 9.28. The average molecular weight is 539 g/mol.